The van der Waals surface area contributed by atoms with Crippen LogP contribution in [0, 0.1) is 5.92 Å². The lowest BCUT2D eigenvalue weighted by Crippen LogP contribution is -2.06. The van der Waals surface area contributed by atoms with Crippen LogP contribution in [0.4, 0.5) is 5.82 Å². The van der Waals surface area contributed by atoms with Gasteiger partial charge in [0.25, 0.3) is 0 Å². The Balaban J connectivity index is 1.77. The third kappa shape index (κ3) is 3.40. The van der Waals surface area contributed by atoms with Crippen LogP contribution in [0.25, 0.3) is 0 Å². The Bertz CT molecular complexity index is 323. The summed E-state index contributed by atoms with van der Waals surface area (Å²) in [5.41, 5.74) is 0. The summed E-state index contributed by atoms with van der Waals surface area (Å²) in [6, 6.07) is 3.86. The molecule has 0 amide bonds. The molecule has 1 heterocycles. The number of rotatable bonds is 7. The summed E-state index contributed by atoms with van der Waals surface area (Å²) < 4.78 is 5.50. The van der Waals surface area contributed by atoms with Gasteiger partial charge < -0.3 is 10.1 Å². The Kier molecular flexibility index (Phi) is 4.03. The number of anilines is 1. The third-order valence-electron chi connectivity index (χ3n) is 2.85. The molecule has 3 heteroatoms. The number of pyridine rings is 1. The molecule has 1 aromatic heterocycles. The highest BCUT2D eigenvalue weighted by Crippen LogP contribution is 2.33. The van der Waals surface area contributed by atoms with Crippen LogP contribution in [0.3, 0.4) is 0 Å². The van der Waals surface area contributed by atoms with Gasteiger partial charge in [-0.2, -0.15) is 0 Å². The molecule has 3 nitrogen and oxygen atoms in total. The van der Waals surface area contributed by atoms with E-state index in [9.17, 15) is 0 Å². The fraction of sp³-hybridized carbons (Fsp3) is 0.615. The summed E-state index contributed by atoms with van der Waals surface area (Å²) in [4.78, 5) is 4.29. The van der Waals surface area contributed by atoms with E-state index in [0.717, 1.165) is 24.0 Å². The van der Waals surface area contributed by atoms with Crippen molar-refractivity contribution in [1.82, 2.24) is 4.98 Å². The van der Waals surface area contributed by atoms with Gasteiger partial charge in [0.1, 0.15) is 0 Å². The van der Waals surface area contributed by atoms with Gasteiger partial charge in [0.05, 0.1) is 6.61 Å². The number of nitrogens with one attached hydrogen (secondary N) is 1. The van der Waals surface area contributed by atoms with E-state index in [1.165, 1.54) is 25.7 Å². The molecule has 2 rings (SSSR count). The largest absolute Gasteiger partial charge is 0.490 e. The highest BCUT2D eigenvalue weighted by atomic mass is 16.5. The number of nitrogens with zero attached hydrogens (tertiary/aromatic N) is 1. The molecule has 0 saturated heterocycles. The van der Waals surface area contributed by atoms with Crippen molar-refractivity contribution in [1.29, 1.82) is 0 Å². The minimum absolute atomic E-state index is 0.683. The first kappa shape index (κ1) is 11.2. The molecule has 1 aromatic rings. The maximum atomic E-state index is 5.50. The zero-order chi connectivity index (χ0) is 11.2. The van der Waals surface area contributed by atoms with E-state index in [1.54, 1.807) is 6.20 Å². The molecule has 0 spiro atoms. The van der Waals surface area contributed by atoms with Crippen LogP contribution in [0.2, 0.25) is 0 Å². The maximum absolute atomic E-state index is 5.50. The highest BCUT2D eigenvalue weighted by molar-refractivity contribution is 5.49. The predicted molar refractivity (Wildman–Crippen MR) is 65.9 cm³/mol. The molecular formula is C13H20N2O. The Labute approximate surface area is 97.2 Å². The van der Waals surface area contributed by atoms with E-state index >= 15 is 0 Å². The van der Waals surface area contributed by atoms with E-state index in [1.807, 2.05) is 19.1 Å². The van der Waals surface area contributed by atoms with Crippen LogP contribution < -0.4 is 10.1 Å². The first-order chi connectivity index (χ1) is 7.90. The van der Waals surface area contributed by atoms with Crippen LogP contribution in [0.5, 0.6) is 5.75 Å². The van der Waals surface area contributed by atoms with Gasteiger partial charge in [-0.1, -0.05) is 12.8 Å². The normalized spacial score (nSPS) is 14.8. The van der Waals surface area contributed by atoms with E-state index in [-0.39, 0.29) is 0 Å². The molecule has 1 N–H and O–H groups in total. The monoisotopic (exact) mass is 220 g/mol. The molecule has 16 heavy (non-hydrogen) atoms. The summed E-state index contributed by atoms with van der Waals surface area (Å²) in [7, 11) is 0. The van der Waals surface area contributed by atoms with Crippen molar-refractivity contribution < 1.29 is 4.74 Å². The van der Waals surface area contributed by atoms with Crippen molar-refractivity contribution in [3.63, 3.8) is 0 Å². The van der Waals surface area contributed by atoms with E-state index in [4.69, 9.17) is 4.74 Å². The molecule has 0 aromatic carbocycles. The van der Waals surface area contributed by atoms with Crippen molar-refractivity contribution >= 4 is 5.82 Å². The SMILES string of the molecule is CCOc1cccnc1NCCCC1CC1. The Morgan fingerprint density at radius 2 is 2.38 bits per heavy atom. The van der Waals surface area contributed by atoms with Crippen LogP contribution in [-0.2, 0) is 0 Å². The lowest BCUT2D eigenvalue weighted by molar-refractivity contribution is 0.340. The van der Waals surface area contributed by atoms with Crippen LogP contribution in [-0.4, -0.2) is 18.1 Å². The molecule has 1 fully saturated rings. The molecule has 1 aliphatic carbocycles. The van der Waals surface area contributed by atoms with Gasteiger partial charge in [-0.15, -0.1) is 0 Å². The van der Waals surface area contributed by atoms with E-state index in [2.05, 4.69) is 10.3 Å². The summed E-state index contributed by atoms with van der Waals surface area (Å²) in [6.45, 7) is 3.67. The molecule has 0 aliphatic heterocycles. The Hall–Kier alpha value is -1.25. The van der Waals surface area contributed by atoms with Crippen LogP contribution >= 0.6 is 0 Å². The van der Waals surface area contributed by atoms with Crippen LogP contribution in [0.15, 0.2) is 18.3 Å². The second-order valence-electron chi connectivity index (χ2n) is 4.30. The van der Waals surface area contributed by atoms with Gasteiger partial charge >= 0.3 is 0 Å². The van der Waals surface area contributed by atoms with Crippen molar-refractivity contribution in [2.24, 2.45) is 5.92 Å². The topological polar surface area (TPSA) is 34.1 Å². The van der Waals surface area contributed by atoms with Crippen molar-refractivity contribution in [2.75, 3.05) is 18.5 Å². The van der Waals surface area contributed by atoms with Gasteiger partial charge in [-0.3, -0.25) is 0 Å². The number of ether oxygens (including phenoxy) is 1. The first-order valence-electron chi connectivity index (χ1n) is 6.22. The predicted octanol–water partition coefficient (Wildman–Crippen LogP) is 3.08. The summed E-state index contributed by atoms with van der Waals surface area (Å²) in [5, 5.41) is 3.35. The number of aromatic nitrogens is 1. The fourth-order valence-corrected chi connectivity index (χ4v) is 1.80. The first-order valence-corrected chi connectivity index (χ1v) is 6.22. The fourth-order valence-electron chi connectivity index (χ4n) is 1.80. The van der Waals surface area contributed by atoms with Crippen molar-refractivity contribution in [3.8, 4) is 5.75 Å². The van der Waals surface area contributed by atoms with E-state index in [0.29, 0.717) is 6.61 Å². The lowest BCUT2D eigenvalue weighted by Gasteiger charge is -2.10. The second kappa shape index (κ2) is 5.73. The summed E-state index contributed by atoms with van der Waals surface area (Å²) in [6.07, 6.45) is 7.25. The standard InChI is InChI=1S/C13H20N2O/c1-2-16-12-6-4-10-15-13(12)14-9-3-5-11-7-8-11/h4,6,10-11H,2-3,5,7-9H2,1H3,(H,14,15). The smallest absolute Gasteiger partial charge is 0.168 e. The average molecular weight is 220 g/mol. The number of hydrogen-bond donors (Lipinski definition) is 1. The quantitative estimate of drug-likeness (QED) is 0.717. The average Bonchev–Trinajstić information content (AvgIpc) is 3.11. The molecule has 0 atom stereocenters. The van der Waals surface area contributed by atoms with Gasteiger partial charge in [-0.25, -0.2) is 4.98 Å². The molecule has 1 aliphatic rings. The second-order valence-corrected chi connectivity index (χ2v) is 4.30. The molecule has 0 bridgehead atoms. The van der Waals surface area contributed by atoms with Gasteiger partial charge in [0, 0.05) is 12.7 Å². The number of hydrogen-bond acceptors (Lipinski definition) is 3. The van der Waals surface area contributed by atoms with E-state index < -0.39 is 0 Å². The minimum Gasteiger partial charge on any atom is -0.490 e. The minimum atomic E-state index is 0.683. The van der Waals surface area contributed by atoms with Gasteiger partial charge in [0.2, 0.25) is 0 Å². The zero-order valence-electron chi connectivity index (χ0n) is 9.91. The van der Waals surface area contributed by atoms with Gasteiger partial charge in [0.15, 0.2) is 11.6 Å². The molecule has 88 valence electrons. The summed E-state index contributed by atoms with van der Waals surface area (Å²) in [5.74, 6) is 2.74. The van der Waals surface area contributed by atoms with Crippen molar-refractivity contribution in [3.05, 3.63) is 18.3 Å². The molecule has 0 unspecified atom stereocenters. The zero-order valence-corrected chi connectivity index (χ0v) is 9.91. The molecule has 1 saturated carbocycles. The maximum Gasteiger partial charge on any atom is 0.168 e. The Morgan fingerprint density at radius 1 is 1.50 bits per heavy atom. The highest BCUT2D eigenvalue weighted by Gasteiger charge is 2.19. The lowest BCUT2D eigenvalue weighted by atomic mass is 10.2. The molecular weight excluding hydrogens is 200 g/mol. The molecule has 0 radical (unpaired) electrons. The van der Waals surface area contributed by atoms with Gasteiger partial charge in [-0.05, 0) is 37.8 Å². The van der Waals surface area contributed by atoms with Crippen molar-refractivity contribution in [2.45, 2.75) is 32.6 Å². The third-order valence-corrected chi connectivity index (χ3v) is 2.85. The van der Waals surface area contributed by atoms with Crippen LogP contribution in [0.1, 0.15) is 32.6 Å². The summed E-state index contributed by atoms with van der Waals surface area (Å²) >= 11 is 0. The Morgan fingerprint density at radius 3 is 3.12 bits per heavy atom.